The smallest absolute Gasteiger partial charge is 0.230 e. The van der Waals surface area contributed by atoms with Crippen LogP contribution in [0, 0.1) is 0 Å². The van der Waals surface area contributed by atoms with E-state index in [9.17, 15) is 4.79 Å². The van der Waals surface area contributed by atoms with E-state index < -0.39 is 0 Å². The highest BCUT2D eigenvalue weighted by Crippen LogP contribution is 2.28. The number of benzene rings is 1. The van der Waals surface area contributed by atoms with Crippen molar-refractivity contribution in [2.75, 3.05) is 12.3 Å². The summed E-state index contributed by atoms with van der Waals surface area (Å²) in [5, 5.41) is 12.7. The number of amides is 1. The number of nitrogens with one attached hydrogen (secondary N) is 1. The lowest BCUT2D eigenvalue weighted by Gasteiger charge is -2.19. The quantitative estimate of drug-likeness (QED) is 0.612. The van der Waals surface area contributed by atoms with E-state index in [2.05, 4.69) is 33.9 Å². The van der Waals surface area contributed by atoms with Crippen LogP contribution in [0.5, 0.6) is 5.75 Å². The molecule has 1 heterocycles. The summed E-state index contributed by atoms with van der Waals surface area (Å²) in [5.74, 6) is 1.66. The van der Waals surface area contributed by atoms with Crippen molar-refractivity contribution in [3.05, 3.63) is 35.1 Å². The Morgan fingerprint density at radius 3 is 2.65 bits per heavy atom. The zero-order valence-corrected chi connectivity index (χ0v) is 16.9. The van der Waals surface area contributed by atoms with Gasteiger partial charge in [-0.1, -0.05) is 49.3 Å². The number of halogens is 1. The van der Waals surface area contributed by atoms with Crippen LogP contribution in [0.2, 0.25) is 5.02 Å². The van der Waals surface area contributed by atoms with Crippen LogP contribution in [-0.4, -0.2) is 33.0 Å². The number of carbonyl (C=O) groups excluding carboxylic acids is 1. The molecule has 6 nitrogen and oxygen atoms in total. The van der Waals surface area contributed by atoms with Crippen LogP contribution < -0.4 is 10.1 Å². The van der Waals surface area contributed by atoms with Gasteiger partial charge >= 0.3 is 0 Å². The molecule has 0 saturated carbocycles. The van der Waals surface area contributed by atoms with E-state index in [1.807, 2.05) is 25.1 Å². The first-order chi connectivity index (χ1) is 12.6. The Balaban J connectivity index is 2.17. The minimum atomic E-state index is -0.00883. The van der Waals surface area contributed by atoms with Crippen LogP contribution in [0.25, 0.3) is 0 Å². The number of rotatable bonds is 10. The van der Waals surface area contributed by atoms with Gasteiger partial charge in [0.15, 0.2) is 11.0 Å². The molecule has 2 rings (SSSR count). The lowest BCUT2D eigenvalue weighted by atomic mass is 10.2. The van der Waals surface area contributed by atoms with E-state index in [4.69, 9.17) is 16.3 Å². The standard InChI is InChI=1S/C18H25ClN4O2S/c1-4-13(5-2)23-16(11-25-15-10-8-7-9-14(15)19)21-22-18(23)26-12-17(24)20-6-3/h7-10,13H,4-6,11-12H2,1-3H3,(H,20,24). The summed E-state index contributed by atoms with van der Waals surface area (Å²) in [5.41, 5.74) is 0. The lowest BCUT2D eigenvalue weighted by molar-refractivity contribution is -0.118. The van der Waals surface area contributed by atoms with Gasteiger partial charge in [-0.15, -0.1) is 10.2 Å². The molecule has 0 aliphatic heterocycles. The molecule has 1 aromatic heterocycles. The Bertz CT molecular complexity index is 719. The van der Waals surface area contributed by atoms with Gasteiger partial charge in [-0.3, -0.25) is 4.79 Å². The molecule has 0 radical (unpaired) electrons. The maximum absolute atomic E-state index is 11.8. The van der Waals surface area contributed by atoms with Crippen LogP contribution in [0.3, 0.4) is 0 Å². The van der Waals surface area contributed by atoms with Crippen LogP contribution in [0.1, 0.15) is 45.5 Å². The van der Waals surface area contributed by atoms with E-state index in [1.54, 1.807) is 6.07 Å². The van der Waals surface area contributed by atoms with E-state index in [1.165, 1.54) is 11.8 Å². The average Bonchev–Trinajstić information content (AvgIpc) is 3.04. The Labute approximate surface area is 163 Å². The van der Waals surface area contributed by atoms with E-state index in [0.29, 0.717) is 23.1 Å². The summed E-state index contributed by atoms with van der Waals surface area (Å²) in [7, 11) is 0. The third-order valence-corrected chi connectivity index (χ3v) is 5.20. The molecule has 0 atom stereocenters. The van der Waals surface area contributed by atoms with Crippen LogP contribution in [-0.2, 0) is 11.4 Å². The highest BCUT2D eigenvalue weighted by molar-refractivity contribution is 7.99. The van der Waals surface area contributed by atoms with Crippen molar-refractivity contribution in [2.24, 2.45) is 0 Å². The largest absolute Gasteiger partial charge is 0.484 e. The van der Waals surface area contributed by atoms with Crippen molar-refractivity contribution >= 4 is 29.3 Å². The fourth-order valence-corrected chi connectivity index (χ4v) is 3.65. The second-order valence-corrected chi connectivity index (χ2v) is 7.05. The number of hydrogen-bond acceptors (Lipinski definition) is 5. The number of carbonyl (C=O) groups is 1. The van der Waals surface area contributed by atoms with Crippen molar-refractivity contribution in [2.45, 2.75) is 51.4 Å². The number of aromatic nitrogens is 3. The zero-order valence-electron chi connectivity index (χ0n) is 15.4. The molecular weight excluding hydrogens is 372 g/mol. The Hall–Kier alpha value is -1.73. The minimum absolute atomic E-state index is 0.00883. The van der Waals surface area contributed by atoms with Crippen molar-refractivity contribution < 1.29 is 9.53 Å². The number of para-hydroxylation sites is 1. The number of hydrogen-bond donors (Lipinski definition) is 1. The van der Waals surface area contributed by atoms with Crippen molar-refractivity contribution in [1.82, 2.24) is 20.1 Å². The van der Waals surface area contributed by atoms with E-state index in [0.717, 1.165) is 23.8 Å². The van der Waals surface area contributed by atoms with Gasteiger partial charge in [0.1, 0.15) is 12.4 Å². The van der Waals surface area contributed by atoms with E-state index >= 15 is 0 Å². The van der Waals surface area contributed by atoms with Crippen molar-refractivity contribution in [3.8, 4) is 5.75 Å². The van der Waals surface area contributed by atoms with Crippen LogP contribution in [0.4, 0.5) is 0 Å². The molecule has 0 fully saturated rings. The molecule has 0 aliphatic carbocycles. The fraction of sp³-hybridized carbons (Fsp3) is 0.500. The van der Waals surface area contributed by atoms with Gasteiger partial charge in [0.25, 0.3) is 0 Å². The third-order valence-electron chi connectivity index (χ3n) is 3.94. The monoisotopic (exact) mass is 396 g/mol. The van der Waals surface area contributed by atoms with Gasteiger partial charge in [0.05, 0.1) is 10.8 Å². The number of ether oxygens (including phenoxy) is 1. The normalized spacial score (nSPS) is 11.0. The summed E-state index contributed by atoms with van der Waals surface area (Å²) < 4.78 is 7.92. The summed E-state index contributed by atoms with van der Waals surface area (Å²) in [6, 6.07) is 7.60. The third kappa shape index (κ3) is 5.38. The maximum atomic E-state index is 11.8. The molecule has 0 saturated heterocycles. The summed E-state index contributed by atoms with van der Waals surface area (Å²) >= 11 is 7.55. The van der Waals surface area contributed by atoms with Gasteiger partial charge in [0.2, 0.25) is 5.91 Å². The van der Waals surface area contributed by atoms with Crippen LogP contribution >= 0.6 is 23.4 Å². The first-order valence-electron chi connectivity index (χ1n) is 8.81. The average molecular weight is 397 g/mol. The summed E-state index contributed by atoms with van der Waals surface area (Å²) in [6.45, 7) is 7.06. The molecule has 0 spiro atoms. The van der Waals surface area contributed by atoms with E-state index in [-0.39, 0.29) is 18.6 Å². The first kappa shape index (κ1) is 20.6. The minimum Gasteiger partial charge on any atom is -0.484 e. The maximum Gasteiger partial charge on any atom is 0.230 e. The second kappa shape index (κ2) is 10.4. The van der Waals surface area contributed by atoms with Crippen LogP contribution in [0.15, 0.2) is 29.4 Å². The first-order valence-corrected chi connectivity index (χ1v) is 10.2. The highest BCUT2D eigenvalue weighted by atomic mass is 35.5. The lowest BCUT2D eigenvalue weighted by Crippen LogP contribution is -2.24. The molecule has 0 aliphatic rings. The fourth-order valence-electron chi connectivity index (χ4n) is 2.61. The summed E-state index contributed by atoms with van der Waals surface area (Å²) in [6.07, 6.45) is 1.89. The topological polar surface area (TPSA) is 69.0 Å². The summed E-state index contributed by atoms with van der Waals surface area (Å²) in [4.78, 5) is 11.8. The van der Waals surface area contributed by atoms with Gasteiger partial charge < -0.3 is 14.6 Å². The van der Waals surface area contributed by atoms with Crippen molar-refractivity contribution in [3.63, 3.8) is 0 Å². The molecule has 142 valence electrons. The molecule has 1 amide bonds. The predicted octanol–water partition coefficient (Wildman–Crippen LogP) is 4.10. The second-order valence-electron chi connectivity index (χ2n) is 5.70. The molecule has 0 bridgehead atoms. The van der Waals surface area contributed by atoms with Gasteiger partial charge in [-0.05, 0) is 31.9 Å². The SMILES string of the molecule is CCNC(=O)CSc1nnc(COc2ccccc2Cl)n1C(CC)CC. The molecule has 26 heavy (non-hydrogen) atoms. The molecule has 2 aromatic rings. The predicted molar refractivity (Wildman–Crippen MR) is 105 cm³/mol. The Kier molecular flexibility index (Phi) is 8.25. The Morgan fingerprint density at radius 2 is 2.00 bits per heavy atom. The van der Waals surface area contributed by atoms with Gasteiger partial charge in [-0.2, -0.15) is 0 Å². The molecule has 0 unspecified atom stereocenters. The van der Waals surface area contributed by atoms with Gasteiger partial charge in [0, 0.05) is 12.6 Å². The highest BCUT2D eigenvalue weighted by Gasteiger charge is 2.20. The zero-order chi connectivity index (χ0) is 18.9. The molecular formula is C18H25ClN4O2S. The number of thioether (sulfide) groups is 1. The number of nitrogens with zero attached hydrogens (tertiary/aromatic N) is 3. The Morgan fingerprint density at radius 1 is 1.27 bits per heavy atom. The molecule has 1 aromatic carbocycles. The van der Waals surface area contributed by atoms with Gasteiger partial charge in [-0.25, -0.2) is 0 Å². The molecule has 8 heteroatoms. The molecule has 1 N–H and O–H groups in total. The van der Waals surface area contributed by atoms with Crippen molar-refractivity contribution in [1.29, 1.82) is 0 Å².